The second-order valence-electron chi connectivity index (χ2n) is 4.32. The number of benzene rings is 1. The molecule has 1 heterocycles. The Hall–Kier alpha value is -0.940. The van der Waals surface area contributed by atoms with E-state index in [-0.39, 0.29) is 23.8 Å². The van der Waals surface area contributed by atoms with Gasteiger partial charge in [-0.2, -0.15) is 0 Å². The lowest BCUT2D eigenvalue weighted by Gasteiger charge is -2.23. The second-order valence-corrected chi connectivity index (χ2v) is 5.17. The maximum atomic E-state index is 13.0. The molecule has 2 rings (SSSR count). The zero-order valence-corrected chi connectivity index (χ0v) is 11.1. The average Bonchev–Trinajstić information content (AvgIpc) is 2.59. The van der Waals surface area contributed by atoms with Crippen LogP contribution in [0.1, 0.15) is 23.7 Å². The molecular weight excluding hydrogens is 287 g/mol. The first kappa shape index (κ1) is 12.5. The summed E-state index contributed by atoms with van der Waals surface area (Å²) in [4.78, 5) is 14.0. The number of amides is 1. The first-order valence-corrected chi connectivity index (χ1v) is 6.31. The Balaban J connectivity index is 2.26. The molecule has 1 aliphatic rings. The quantitative estimate of drug-likeness (QED) is 0.864. The van der Waals surface area contributed by atoms with Gasteiger partial charge in [0.15, 0.2) is 0 Å². The fourth-order valence-electron chi connectivity index (χ4n) is 2.07. The molecule has 5 heteroatoms. The van der Waals surface area contributed by atoms with Crippen molar-refractivity contribution in [2.75, 3.05) is 6.54 Å². The maximum absolute atomic E-state index is 13.0. The molecule has 0 saturated carbocycles. The van der Waals surface area contributed by atoms with E-state index in [1.807, 2.05) is 6.92 Å². The summed E-state index contributed by atoms with van der Waals surface area (Å²) in [5, 5.41) is 0. The van der Waals surface area contributed by atoms with Crippen LogP contribution in [0.4, 0.5) is 4.39 Å². The Bertz CT molecular complexity index is 452. The van der Waals surface area contributed by atoms with Crippen LogP contribution in [-0.4, -0.2) is 29.4 Å². The Morgan fingerprint density at radius 1 is 1.59 bits per heavy atom. The van der Waals surface area contributed by atoms with E-state index in [0.717, 1.165) is 6.42 Å². The monoisotopic (exact) mass is 300 g/mol. The van der Waals surface area contributed by atoms with Crippen LogP contribution in [0, 0.1) is 5.82 Å². The number of carbonyl (C=O) groups excluding carboxylic acids is 1. The van der Waals surface area contributed by atoms with Crippen LogP contribution in [0.3, 0.4) is 0 Å². The molecule has 1 aromatic rings. The number of hydrogen-bond acceptors (Lipinski definition) is 2. The molecule has 0 aliphatic carbocycles. The van der Waals surface area contributed by atoms with Gasteiger partial charge in [-0.05, 0) is 47.5 Å². The Kier molecular flexibility index (Phi) is 3.49. The Labute approximate surface area is 108 Å². The van der Waals surface area contributed by atoms with Crippen molar-refractivity contribution in [3.8, 4) is 0 Å². The van der Waals surface area contributed by atoms with Gasteiger partial charge in [-0.15, -0.1) is 0 Å². The summed E-state index contributed by atoms with van der Waals surface area (Å²) < 4.78 is 13.4. The minimum atomic E-state index is -0.361. The molecule has 2 N–H and O–H groups in total. The Morgan fingerprint density at radius 2 is 2.29 bits per heavy atom. The minimum Gasteiger partial charge on any atom is -0.334 e. The summed E-state index contributed by atoms with van der Waals surface area (Å²) in [5.41, 5.74) is 6.36. The number of halogens is 2. The number of hydrogen-bond donors (Lipinski definition) is 1. The molecule has 2 atom stereocenters. The number of carbonyl (C=O) groups is 1. The van der Waals surface area contributed by atoms with Crippen LogP contribution >= 0.6 is 15.9 Å². The van der Waals surface area contributed by atoms with Gasteiger partial charge in [0.05, 0.1) is 5.56 Å². The van der Waals surface area contributed by atoms with Crippen LogP contribution in [0.5, 0.6) is 0 Å². The largest absolute Gasteiger partial charge is 0.334 e. The van der Waals surface area contributed by atoms with E-state index in [0.29, 0.717) is 16.6 Å². The molecule has 0 aromatic heterocycles. The zero-order valence-electron chi connectivity index (χ0n) is 9.49. The lowest BCUT2D eigenvalue weighted by molar-refractivity contribution is 0.0741. The minimum absolute atomic E-state index is 0.0261. The highest BCUT2D eigenvalue weighted by molar-refractivity contribution is 9.10. The number of nitrogens with two attached hydrogens (primary N) is 1. The molecule has 0 bridgehead atoms. The summed E-state index contributed by atoms with van der Waals surface area (Å²) in [7, 11) is 0. The molecule has 0 radical (unpaired) electrons. The number of likely N-dealkylation sites (tertiary alicyclic amines) is 1. The van der Waals surface area contributed by atoms with Crippen LogP contribution in [-0.2, 0) is 0 Å². The van der Waals surface area contributed by atoms with Crippen LogP contribution in [0.25, 0.3) is 0 Å². The Morgan fingerprint density at radius 3 is 2.82 bits per heavy atom. The van der Waals surface area contributed by atoms with Gasteiger partial charge < -0.3 is 10.6 Å². The molecule has 1 amide bonds. The van der Waals surface area contributed by atoms with E-state index in [2.05, 4.69) is 15.9 Å². The topological polar surface area (TPSA) is 46.3 Å². The molecule has 1 fully saturated rings. The summed E-state index contributed by atoms with van der Waals surface area (Å²) >= 11 is 3.21. The van der Waals surface area contributed by atoms with Gasteiger partial charge in [-0.25, -0.2) is 4.39 Å². The molecule has 3 nitrogen and oxygen atoms in total. The van der Waals surface area contributed by atoms with Gasteiger partial charge in [0.1, 0.15) is 5.82 Å². The molecule has 17 heavy (non-hydrogen) atoms. The van der Waals surface area contributed by atoms with Gasteiger partial charge in [0, 0.05) is 23.1 Å². The first-order chi connectivity index (χ1) is 8.00. The fraction of sp³-hybridized carbons (Fsp3) is 0.417. The first-order valence-electron chi connectivity index (χ1n) is 5.52. The van der Waals surface area contributed by atoms with E-state index in [1.54, 1.807) is 4.90 Å². The smallest absolute Gasteiger partial charge is 0.255 e. The lowest BCUT2D eigenvalue weighted by Crippen LogP contribution is -2.40. The van der Waals surface area contributed by atoms with Crippen molar-refractivity contribution in [3.05, 3.63) is 34.1 Å². The molecule has 1 aromatic carbocycles. The van der Waals surface area contributed by atoms with Crippen molar-refractivity contribution in [2.24, 2.45) is 5.73 Å². The second kappa shape index (κ2) is 4.74. The highest BCUT2D eigenvalue weighted by atomic mass is 79.9. The fourth-order valence-corrected chi connectivity index (χ4v) is 2.59. The molecule has 92 valence electrons. The maximum Gasteiger partial charge on any atom is 0.255 e. The van der Waals surface area contributed by atoms with Crippen molar-refractivity contribution in [1.82, 2.24) is 4.90 Å². The van der Waals surface area contributed by atoms with Gasteiger partial charge >= 0.3 is 0 Å². The molecule has 0 spiro atoms. The molecule has 1 aliphatic heterocycles. The zero-order chi connectivity index (χ0) is 12.6. The van der Waals surface area contributed by atoms with Gasteiger partial charge in [0.25, 0.3) is 5.91 Å². The molecule has 2 unspecified atom stereocenters. The van der Waals surface area contributed by atoms with Crippen molar-refractivity contribution in [1.29, 1.82) is 0 Å². The highest BCUT2D eigenvalue weighted by Gasteiger charge is 2.32. The summed E-state index contributed by atoms with van der Waals surface area (Å²) in [6.07, 6.45) is 0.811. The molecule has 1 saturated heterocycles. The molecular formula is C12H14BrFN2O. The summed E-state index contributed by atoms with van der Waals surface area (Å²) in [6.45, 7) is 2.60. The summed E-state index contributed by atoms with van der Waals surface area (Å²) in [5.74, 6) is -0.461. The van der Waals surface area contributed by atoms with Gasteiger partial charge in [-0.1, -0.05) is 0 Å². The van der Waals surface area contributed by atoms with Gasteiger partial charge in [0.2, 0.25) is 0 Å². The third-order valence-electron chi connectivity index (χ3n) is 3.24. The van der Waals surface area contributed by atoms with Crippen molar-refractivity contribution in [3.63, 3.8) is 0 Å². The van der Waals surface area contributed by atoms with Crippen molar-refractivity contribution in [2.45, 2.75) is 25.4 Å². The van der Waals surface area contributed by atoms with Crippen molar-refractivity contribution < 1.29 is 9.18 Å². The third-order valence-corrected chi connectivity index (χ3v) is 3.89. The SMILES string of the molecule is CC1C(N)CCN1C(=O)c1ccc(F)cc1Br. The summed E-state index contributed by atoms with van der Waals surface area (Å²) in [6, 6.07) is 4.14. The van der Waals surface area contributed by atoms with E-state index in [1.165, 1.54) is 18.2 Å². The van der Waals surface area contributed by atoms with E-state index >= 15 is 0 Å². The third kappa shape index (κ3) is 2.35. The predicted molar refractivity (Wildman–Crippen MR) is 67.2 cm³/mol. The van der Waals surface area contributed by atoms with E-state index in [9.17, 15) is 9.18 Å². The standard InChI is InChI=1S/C12H14BrFN2O/c1-7-11(15)4-5-16(7)12(17)9-3-2-8(14)6-10(9)13/h2-3,6-7,11H,4-5,15H2,1H3. The lowest BCUT2D eigenvalue weighted by atomic mass is 10.1. The predicted octanol–water partition coefficient (Wildman–Crippen LogP) is 2.15. The number of rotatable bonds is 1. The number of nitrogens with zero attached hydrogens (tertiary/aromatic N) is 1. The van der Waals surface area contributed by atoms with Crippen molar-refractivity contribution >= 4 is 21.8 Å². The van der Waals surface area contributed by atoms with Crippen LogP contribution in [0.2, 0.25) is 0 Å². The average molecular weight is 301 g/mol. The van der Waals surface area contributed by atoms with Crippen LogP contribution < -0.4 is 5.73 Å². The normalized spacial score (nSPS) is 24.1. The van der Waals surface area contributed by atoms with Crippen LogP contribution in [0.15, 0.2) is 22.7 Å². The van der Waals surface area contributed by atoms with E-state index in [4.69, 9.17) is 5.73 Å². The van der Waals surface area contributed by atoms with E-state index < -0.39 is 0 Å². The highest BCUT2D eigenvalue weighted by Crippen LogP contribution is 2.24. The van der Waals surface area contributed by atoms with Gasteiger partial charge in [-0.3, -0.25) is 4.79 Å².